The van der Waals surface area contributed by atoms with Crippen molar-refractivity contribution in [1.29, 1.82) is 0 Å². The van der Waals surface area contributed by atoms with Gasteiger partial charge in [-0.15, -0.1) is 0 Å². The number of hydrogen-bond donors (Lipinski definition) is 0. The average Bonchev–Trinajstić information content (AvgIpc) is 2.31. The van der Waals surface area contributed by atoms with E-state index < -0.39 is 6.10 Å². The number of nitrogens with zero attached hydrogens (tertiary/aromatic N) is 1. The Labute approximate surface area is 109 Å². The Morgan fingerprint density at radius 3 is 2.94 bits per heavy atom. The smallest absolute Gasteiger partial charge is 0.267 e. The van der Waals surface area contributed by atoms with Crippen LogP contribution >= 0.6 is 23.2 Å². The summed E-state index contributed by atoms with van der Waals surface area (Å²) < 4.78 is 5.59. The molecule has 2 heterocycles. The van der Waals surface area contributed by atoms with Crippen molar-refractivity contribution in [3.63, 3.8) is 0 Å². The maximum Gasteiger partial charge on any atom is 0.267 e. The molecule has 1 aromatic rings. The van der Waals surface area contributed by atoms with E-state index >= 15 is 0 Å². The van der Waals surface area contributed by atoms with E-state index in [0.717, 1.165) is 24.1 Å². The summed E-state index contributed by atoms with van der Waals surface area (Å²) in [5, 5.41) is 1.09. The van der Waals surface area contributed by atoms with E-state index in [4.69, 9.17) is 27.9 Å². The fourth-order valence-corrected chi connectivity index (χ4v) is 3.05. The minimum absolute atomic E-state index is 0.0169. The third-order valence-corrected chi connectivity index (χ3v) is 3.86. The van der Waals surface area contributed by atoms with Crippen molar-refractivity contribution in [3.8, 4) is 5.75 Å². The van der Waals surface area contributed by atoms with E-state index in [2.05, 4.69) is 0 Å². The maximum absolute atomic E-state index is 12.0. The van der Waals surface area contributed by atoms with Crippen molar-refractivity contribution in [1.82, 2.24) is 0 Å². The molecule has 0 aromatic heterocycles. The first-order valence-corrected chi connectivity index (χ1v) is 6.34. The quantitative estimate of drug-likeness (QED) is 0.726. The van der Waals surface area contributed by atoms with Crippen molar-refractivity contribution >= 4 is 34.8 Å². The van der Waals surface area contributed by atoms with Crippen molar-refractivity contribution in [3.05, 3.63) is 21.7 Å². The first-order valence-electron chi connectivity index (χ1n) is 5.58. The number of anilines is 1. The number of benzene rings is 1. The van der Waals surface area contributed by atoms with Gasteiger partial charge in [-0.25, -0.2) is 0 Å². The molecule has 0 fully saturated rings. The fourth-order valence-electron chi connectivity index (χ4n) is 2.46. The molecule has 90 valence electrons. The highest BCUT2D eigenvalue weighted by Crippen LogP contribution is 2.47. The lowest BCUT2D eigenvalue weighted by atomic mass is 9.99. The lowest BCUT2D eigenvalue weighted by Gasteiger charge is -2.38. The Morgan fingerprint density at radius 2 is 2.18 bits per heavy atom. The molecule has 0 radical (unpaired) electrons. The molecular formula is C12H11Cl2NO2. The average molecular weight is 272 g/mol. The van der Waals surface area contributed by atoms with E-state index in [0.29, 0.717) is 22.3 Å². The molecular weight excluding hydrogens is 261 g/mol. The van der Waals surface area contributed by atoms with E-state index in [-0.39, 0.29) is 5.91 Å². The van der Waals surface area contributed by atoms with Crippen LogP contribution in [0.25, 0.3) is 0 Å². The van der Waals surface area contributed by atoms with Crippen LogP contribution in [-0.4, -0.2) is 18.6 Å². The van der Waals surface area contributed by atoms with Gasteiger partial charge in [-0.3, -0.25) is 4.79 Å². The summed E-state index contributed by atoms with van der Waals surface area (Å²) in [5.74, 6) is 0.578. The lowest BCUT2D eigenvalue weighted by molar-refractivity contribution is -0.125. The summed E-state index contributed by atoms with van der Waals surface area (Å²) >= 11 is 12.3. The van der Waals surface area contributed by atoms with Gasteiger partial charge in [0.2, 0.25) is 0 Å². The highest BCUT2D eigenvalue weighted by molar-refractivity contribution is 6.37. The summed E-state index contributed by atoms with van der Waals surface area (Å²) in [6.07, 6.45) is 1.30. The molecule has 0 aliphatic carbocycles. The van der Waals surface area contributed by atoms with Gasteiger partial charge in [0.1, 0.15) is 0 Å². The van der Waals surface area contributed by atoms with Crippen LogP contribution in [0.5, 0.6) is 5.75 Å². The topological polar surface area (TPSA) is 29.5 Å². The zero-order chi connectivity index (χ0) is 12.2. The molecule has 17 heavy (non-hydrogen) atoms. The number of carbonyl (C=O) groups is 1. The monoisotopic (exact) mass is 271 g/mol. The number of rotatable bonds is 0. The number of amides is 1. The molecule has 1 unspecified atom stereocenters. The Bertz CT molecular complexity index is 516. The lowest BCUT2D eigenvalue weighted by Crippen LogP contribution is -2.47. The van der Waals surface area contributed by atoms with Crippen LogP contribution in [0, 0.1) is 0 Å². The summed E-state index contributed by atoms with van der Waals surface area (Å²) in [6, 6.07) is 1.70. The van der Waals surface area contributed by atoms with Gasteiger partial charge in [0.05, 0.1) is 10.7 Å². The third-order valence-electron chi connectivity index (χ3n) is 3.25. The fraction of sp³-hybridized carbons (Fsp3) is 0.417. The molecule has 3 nitrogen and oxygen atoms in total. The predicted octanol–water partition coefficient (Wildman–Crippen LogP) is 3.05. The highest BCUT2D eigenvalue weighted by atomic mass is 35.5. The van der Waals surface area contributed by atoms with Crippen molar-refractivity contribution in [2.45, 2.75) is 25.9 Å². The van der Waals surface area contributed by atoms with Gasteiger partial charge in [0.15, 0.2) is 11.9 Å². The van der Waals surface area contributed by atoms with Crippen LogP contribution in [0.4, 0.5) is 5.69 Å². The van der Waals surface area contributed by atoms with Gasteiger partial charge in [-0.05, 0) is 31.4 Å². The third kappa shape index (κ3) is 1.53. The van der Waals surface area contributed by atoms with E-state index in [1.54, 1.807) is 17.9 Å². The molecule has 1 aromatic carbocycles. The van der Waals surface area contributed by atoms with E-state index in [1.165, 1.54) is 0 Å². The molecule has 2 aliphatic heterocycles. The number of hydrogen-bond acceptors (Lipinski definition) is 2. The van der Waals surface area contributed by atoms with Gasteiger partial charge in [-0.1, -0.05) is 23.2 Å². The van der Waals surface area contributed by atoms with Crippen molar-refractivity contribution < 1.29 is 9.53 Å². The van der Waals surface area contributed by atoms with Crippen LogP contribution in [0.15, 0.2) is 6.07 Å². The molecule has 0 bridgehead atoms. The standard InChI is InChI=1S/C12H11Cl2NO2/c1-6-12(16)15-4-2-3-7-8(13)5-9(14)11(17-6)10(7)15/h5-6H,2-4H2,1H3. The highest BCUT2D eigenvalue weighted by Gasteiger charge is 2.37. The molecule has 1 amide bonds. The van der Waals surface area contributed by atoms with Crippen molar-refractivity contribution in [2.75, 3.05) is 11.4 Å². The minimum atomic E-state index is -0.480. The summed E-state index contributed by atoms with van der Waals surface area (Å²) in [4.78, 5) is 13.8. The second-order valence-corrected chi connectivity index (χ2v) is 5.16. The Morgan fingerprint density at radius 1 is 1.41 bits per heavy atom. The predicted molar refractivity (Wildman–Crippen MR) is 67.2 cm³/mol. The first-order chi connectivity index (χ1) is 8.09. The SMILES string of the molecule is CC1Oc2c(Cl)cc(Cl)c3c2N(CCC3)C1=O. The summed E-state index contributed by atoms with van der Waals surface area (Å²) in [6.45, 7) is 2.45. The molecule has 5 heteroatoms. The van der Waals surface area contributed by atoms with Crippen molar-refractivity contribution in [2.24, 2.45) is 0 Å². The zero-order valence-electron chi connectivity index (χ0n) is 9.30. The molecule has 0 saturated carbocycles. The minimum Gasteiger partial charge on any atom is -0.477 e. The van der Waals surface area contributed by atoms with Crippen LogP contribution < -0.4 is 9.64 Å². The van der Waals surface area contributed by atoms with Gasteiger partial charge < -0.3 is 9.64 Å². The molecule has 1 atom stereocenters. The molecule has 0 spiro atoms. The van der Waals surface area contributed by atoms with E-state index in [1.807, 2.05) is 0 Å². The number of halogens is 2. The van der Waals surface area contributed by atoms with Crippen LogP contribution in [0.2, 0.25) is 10.0 Å². The van der Waals surface area contributed by atoms with E-state index in [9.17, 15) is 4.79 Å². The zero-order valence-corrected chi connectivity index (χ0v) is 10.8. The second kappa shape index (κ2) is 3.79. The van der Waals surface area contributed by atoms with Crippen LogP contribution in [0.3, 0.4) is 0 Å². The Kier molecular flexibility index (Phi) is 2.49. The van der Waals surface area contributed by atoms with Crippen LogP contribution in [-0.2, 0) is 11.2 Å². The maximum atomic E-state index is 12.0. The van der Waals surface area contributed by atoms with Crippen LogP contribution in [0.1, 0.15) is 18.9 Å². The van der Waals surface area contributed by atoms with Gasteiger partial charge in [0.25, 0.3) is 5.91 Å². The van der Waals surface area contributed by atoms with Gasteiger partial charge >= 0.3 is 0 Å². The normalized spacial score (nSPS) is 22.2. The molecule has 0 N–H and O–H groups in total. The summed E-state index contributed by atoms with van der Waals surface area (Å²) in [5.41, 5.74) is 1.74. The second-order valence-electron chi connectivity index (χ2n) is 4.35. The number of ether oxygens (including phenoxy) is 1. The van der Waals surface area contributed by atoms with Gasteiger partial charge in [0, 0.05) is 11.6 Å². The summed E-state index contributed by atoms with van der Waals surface area (Å²) in [7, 11) is 0. The first kappa shape index (κ1) is 11.2. The molecule has 0 saturated heterocycles. The van der Waals surface area contributed by atoms with Gasteiger partial charge in [-0.2, -0.15) is 0 Å². The molecule has 3 rings (SSSR count). The molecule has 2 aliphatic rings. The Balaban J connectivity index is 2.28. The largest absolute Gasteiger partial charge is 0.477 e. The Hall–Kier alpha value is -0.930. The number of carbonyl (C=O) groups excluding carboxylic acids is 1.